The first-order chi connectivity index (χ1) is 13.1. The van der Waals surface area contributed by atoms with Crippen molar-refractivity contribution in [3.63, 3.8) is 0 Å². The second-order valence-corrected chi connectivity index (χ2v) is 8.72. The Hall–Kier alpha value is -1.89. The fourth-order valence-electron chi connectivity index (χ4n) is 3.21. The van der Waals surface area contributed by atoms with Crippen LogP contribution >= 0.6 is 0 Å². The van der Waals surface area contributed by atoms with Crippen LogP contribution < -0.4 is 20.7 Å². The highest BCUT2D eigenvalue weighted by molar-refractivity contribution is 7.89. The van der Waals surface area contributed by atoms with E-state index in [2.05, 4.69) is 20.7 Å². The molecule has 1 unspecified atom stereocenters. The molecule has 12 heteroatoms. The maximum Gasteiger partial charge on any atom is 0.573 e. The predicted octanol–water partition coefficient (Wildman–Crippen LogP) is 1.04. The summed E-state index contributed by atoms with van der Waals surface area (Å²) >= 11 is 0. The van der Waals surface area contributed by atoms with Crippen LogP contribution in [-0.2, 0) is 14.8 Å². The highest BCUT2D eigenvalue weighted by Gasteiger charge is 2.37. The monoisotopic (exact) mass is 422 g/mol. The van der Waals surface area contributed by atoms with Crippen molar-refractivity contribution in [3.8, 4) is 5.75 Å². The number of carbonyl (C=O) groups is 1. The Labute approximate surface area is 160 Å². The van der Waals surface area contributed by atoms with Gasteiger partial charge in [0.1, 0.15) is 11.1 Å². The molecule has 3 rings (SSSR count). The van der Waals surface area contributed by atoms with Crippen LogP contribution in [0.2, 0.25) is 0 Å². The minimum Gasteiger partial charge on any atom is -0.406 e. The Morgan fingerprint density at radius 2 is 1.82 bits per heavy atom. The number of sulfonamides is 1. The molecular formula is C16H21F3N4O4S. The zero-order chi connectivity index (χ0) is 20.4. The van der Waals surface area contributed by atoms with E-state index in [1.807, 2.05) is 0 Å². The molecule has 2 saturated heterocycles. The van der Waals surface area contributed by atoms with Gasteiger partial charge in [0.25, 0.3) is 0 Å². The van der Waals surface area contributed by atoms with E-state index in [0.717, 1.165) is 12.1 Å². The molecule has 0 bridgehead atoms. The van der Waals surface area contributed by atoms with Crippen molar-refractivity contribution in [3.05, 3.63) is 24.3 Å². The van der Waals surface area contributed by atoms with Gasteiger partial charge in [-0.25, -0.2) is 12.7 Å². The van der Waals surface area contributed by atoms with E-state index in [-0.39, 0.29) is 30.7 Å². The van der Waals surface area contributed by atoms with Gasteiger partial charge in [-0.05, 0) is 37.1 Å². The predicted molar refractivity (Wildman–Crippen MR) is 94.8 cm³/mol. The average molecular weight is 422 g/mol. The van der Waals surface area contributed by atoms with Crippen molar-refractivity contribution in [2.75, 3.05) is 31.6 Å². The standard InChI is InChI=1S/C16H21F3N4O4S/c17-16(18,19)27-13-3-1-12(2-4-13)22-15(24)11-5-7-23(8-6-11)28(25,26)14-9-20-10-21-14/h1-4,11,14,20-21H,5-10H2,(H,22,24). The van der Waals surface area contributed by atoms with Crippen molar-refractivity contribution in [1.29, 1.82) is 0 Å². The molecular weight excluding hydrogens is 401 g/mol. The summed E-state index contributed by atoms with van der Waals surface area (Å²) in [4.78, 5) is 12.4. The molecule has 2 fully saturated rings. The molecule has 156 valence electrons. The Balaban J connectivity index is 1.51. The molecule has 2 heterocycles. The fraction of sp³-hybridized carbons (Fsp3) is 0.562. The van der Waals surface area contributed by atoms with E-state index in [9.17, 15) is 26.4 Å². The summed E-state index contributed by atoms with van der Waals surface area (Å²) in [6.07, 6.45) is -4.02. The SMILES string of the molecule is O=C(Nc1ccc(OC(F)(F)F)cc1)C1CCN(S(=O)(=O)C2CNCN2)CC1. The lowest BCUT2D eigenvalue weighted by molar-refractivity contribution is -0.274. The van der Waals surface area contributed by atoms with Crippen LogP contribution in [-0.4, -0.2) is 56.7 Å². The number of nitrogens with one attached hydrogen (secondary N) is 3. The highest BCUT2D eigenvalue weighted by atomic mass is 32.2. The van der Waals surface area contributed by atoms with Gasteiger partial charge in [-0.1, -0.05) is 0 Å². The lowest BCUT2D eigenvalue weighted by Crippen LogP contribution is -2.48. The Morgan fingerprint density at radius 1 is 1.18 bits per heavy atom. The van der Waals surface area contributed by atoms with E-state index in [4.69, 9.17) is 0 Å². The largest absolute Gasteiger partial charge is 0.573 e. The van der Waals surface area contributed by atoms with Crippen molar-refractivity contribution >= 4 is 21.6 Å². The number of hydrogen-bond donors (Lipinski definition) is 3. The number of rotatable bonds is 5. The van der Waals surface area contributed by atoms with Gasteiger partial charge < -0.3 is 15.4 Å². The first-order valence-electron chi connectivity index (χ1n) is 8.75. The van der Waals surface area contributed by atoms with Crippen molar-refractivity contribution in [2.45, 2.75) is 24.6 Å². The smallest absolute Gasteiger partial charge is 0.406 e. The number of alkyl halides is 3. The molecule has 1 aromatic carbocycles. The molecule has 0 aromatic heterocycles. The summed E-state index contributed by atoms with van der Waals surface area (Å²) in [7, 11) is -3.47. The normalized spacial score (nSPS) is 22.2. The molecule has 1 amide bonds. The molecule has 3 N–H and O–H groups in total. The van der Waals surface area contributed by atoms with Gasteiger partial charge in [-0.2, -0.15) is 0 Å². The molecule has 0 spiro atoms. The number of halogens is 3. The second kappa shape index (κ2) is 8.23. The summed E-state index contributed by atoms with van der Waals surface area (Å²) in [5.74, 6) is -1.03. The summed E-state index contributed by atoms with van der Waals surface area (Å²) in [6, 6.07) is 4.86. The minimum atomic E-state index is -4.77. The van der Waals surface area contributed by atoms with Gasteiger partial charge in [0.15, 0.2) is 0 Å². The van der Waals surface area contributed by atoms with E-state index in [1.165, 1.54) is 16.4 Å². The summed E-state index contributed by atoms with van der Waals surface area (Å²) in [6.45, 7) is 1.28. The maximum absolute atomic E-state index is 12.5. The molecule has 2 aliphatic rings. The lowest BCUT2D eigenvalue weighted by atomic mass is 9.97. The summed E-state index contributed by atoms with van der Waals surface area (Å²) < 4.78 is 66.7. The number of ether oxygens (including phenoxy) is 1. The minimum absolute atomic E-state index is 0.247. The summed E-state index contributed by atoms with van der Waals surface area (Å²) in [5, 5.41) is 7.80. The van der Waals surface area contributed by atoms with E-state index < -0.39 is 21.8 Å². The Bertz CT molecular complexity index is 787. The molecule has 2 aliphatic heterocycles. The van der Waals surface area contributed by atoms with Gasteiger partial charge in [-0.3, -0.25) is 10.1 Å². The van der Waals surface area contributed by atoms with E-state index >= 15 is 0 Å². The maximum atomic E-state index is 12.5. The lowest BCUT2D eigenvalue weighted by Gasteiger charge is -2.32. The highest BCUT2D eigenvalue weighted by Crippen LogP contribution is 2.26. The number of carbonyl (C=O) groups excluding carboxylic acids is 1. The van der Waals surface area contributed by atoms with Crippen LogP contribution in [0.15, 0.2) is 24.3 Å². The number of hydrogen-bond acceptors (Lipinski definition) is 6. The molecule has 0 radical (unpaired) electrons. The van der Waals surface area contributed by atoms with Gasteiger partial charge >= 0.3 is 6.36 Å². The quantitative estimate of drug-likeness (QED) is 0.656. The number of anilines is 1. The number of benzene rings is 1. The number of nitrogens with zero attached hydrogens (tertiary/aromatic N) is 1. The van der Waals surface area contributed by atoms with Crippen molar-refractivity contribution in [1.82, 2.24) is 14.9 Å². The van der Waals surface area contributed by atoms with E-state index in [0.29, 0.717) is 31.7 Å². The van der Waals surface area contributed by atoms with Gasteiger partial charge in [0.05, 0.1) is 0 Å². The van der Waals surface area contributed by atoms with Crippen LogP contribution in [0.3, 0.4) is 0 Å². The third-order valence-corrected chi connectivity index (χ3v) is 6.82. The van der Waals surface area contributed by atoms with Gasteiger partial charge in [-0.15, -0.1) is 13.2 Å². The van der Waals surface area contributed by atoms with Crippen molar-refractivity contribution in [2.24, 2.45) is 5.92 Å². The molecule has 8 nitrogen and oxygen atoms in total. The van der Waals surface area contributed by atoms with Crippen LogP contribution in [0.4, 0.5) is 18.9 Å². The Morgan fingerprint density at radius 3 is 2.36 bits per heavy atom. The fourth-order valence-corrected chi connectivity index (χ4v) is 4.91. The first kappa shape index (κ1) is 20.8. The number of amides is 1. The van der Waals surface area contributed by atoms with Gasteiger partial charge in [0.2, 0.25) is 15.9 Å². The van der Waals surface area contributed by atoms with E-state index in [1.54, 1.807) is 0 Å². The topological polar surface area (TPSA) is 99.8 Å². The zero-order valence-electron chi connectivity index (χ0n) is 14.8. The molecule has 0 saturated carbocycles. The van der Waals surface area contributed by atoms with Crippen LogP contribution in [0.1, 0.15) is 12.8 Å². The molecule has 1 aromatic rings. The molecule has 28 heavy (non-hydrogen) atoms. The van der Waals surface area contributed by atoms with Crippen LogP contribution in [0, 0.1) is 5.92 Å². The third kappa shape index (κ3) is 5.13. The summed E-state index contributed by atoms with van der Waals surface area (Å²) in [5.41, 5.74) is 0.343. The molecule has 1 atom stereocenters. The average Bonchev–Trinajstić information content (AvgIpc) is 3.18. The zero-order valence-corrected chi connectivity index (χ0v) is 15.6. The second-order valence-electron chi connectivity index (χ2n) is 6.60. The third-order valence-electron chi connectivity index (χ3n) is 4.68. The van der Waals surface area contributed by atoms with Crippen molar-refractivity contribution < 1.29 is 31.1 Å². The first-order valence-corrected chi connectivity index (χ1v) is 10.3. The number of piperidine rings is 1. The van der Waals surface area contributed by atoms with Crippen LogP contribution in [0.25, 0.3) is 0 Å². The molecule has 0 aliphatic carbocycles. The van der Waals surface area contributed by atoms with Gasteiger partial charge in [0, 0.05) is 37.9 Å². The Kier molecular flexibility index (Phi) is 6.12. The van der Waals surface area contributed by atoms with Crippen LogP contribution in [0.5, 0.6) is 5.75 Å².